The summed E-state index contributed by atoms with van der Waals surface area (Å²) >= 11 is 1.66. The van der Waals surface area contributed by atoms with E-state index in [0.29, 0.717) is 0 Å². The molecular formula is C13H14N2S. The molecule has 0 heterocycles. The van der Waals surface area contributed by atoms with Crippen molar-refractivity contribution < 1.29 is 0 Å². The SMILES string of the molecule is CSc1c(N)cccc1-c1cccc(N)c1. The minimum Gasteiger partial charge on any atom is -0.399 e. The van der Waals surface area contributed by atoms with Gasteiger partial charge < -0.3 is 11.5 Å². The summed E-state index contributed by atoms with van der Waals surface area (Å²) in [6, 6.07) is 13.8. The molecule has 0 fully saturated rings. The zero-order valence-corrected chi connectivity index (χ0v) is 9.92. The second-order valence-corrected chi connectivity index (χ2v) is 4.37. The molecule has 0 spiro atoms. The van der Waals surface area contributed by atoms with E-state index < -0.39 is 0 Å². The standard InChI is InChI=1S/C13H14N2S/c1-16-13-11(6-3-7-12(13)15)9-4-2-5-10(14)8-9/h2-8H,14-15H2,1H3. The van der Waals surface area contributed by atoms with E-state index in [0.717, 1.165) is 27.4 Å². The van der Waals surface area contributed by atoms with Crippen LogP contribution in [-0.2, 0) is 0 Å². The van der Waals surface area contributed by atoms with Gasteiger partial charge in [0.05, 0.1) is 0 Å². The van der Waals surface area contributed by atoms with Crippen LogP contribution in [0.25, 0.3) is 11.1 Å². The first-order chi connectivity index (χ1) is 7.72. The Morgan fingerprint density at radius 2 is 1.75 bits per heavy atom. The van der Waals surface area contributed by atoms with Crippen molar-refractivity contribution in [3.63, 3.8) is 0 Å². The molecular weight excluding hydrogens is 216 g/mol. The molecule has 0 radical (unpaired) electrons. The Labute approximate surface area is 99.7 Å². The second kappa shape index (κ2) is 4.49. The molecule has 0 aliphatic rings. The minimum atomic E-state index is 0.770. The Hall–Kier alpha value is -1.61. The van der Waals surface area contributed by atoms with E-state index in [-0.39, 0.29) is 0 Å². The molecule has 4 N–H and O–H groups in total. The highest BCUT2D eigenvalue weighted by Gasteiger charge is 2.07. The molecule has 0 saturated heterocycles. The summed E-state index contributed by atoms with van der Waals surface area (Å²) in [5.41, 5.74) is 15.6. The number of benzene rings is 2. The summed E-state index contributed by atoms with van der Waals surface area (Å²) in [6.07, 6.45) is 2.03. The van der Waals surface area contributed by atoms with Crippen molar-refractivity contribution in [3.8, 4) is 11.1 Å². The van der Waals surface area contributed by atoms with E-state index in [4.69, 9.17) is 11.5 Å². The van der Waals surface area contributed by atoms with Crippen molar-refractivity contribution >= 4 is 23.1 Å². The van der Waals surface area contributed by atoms with Gasteiger partial charge in [-0.25, -0.2) is 0 Å². The number of rotatable bonds is 2. The van der Waals surface area contributed by atoms with Crippen LogP contribution >= 0.6 is 11.8 Å². The number of thioether (sulfide) groups is 1. The third-order valence-corrected chi connectivity index (χ3v) is 3.31. The Kier molecular flexibility index (Phi) is 3.06. The summed E-state index contributed by atoms with van der Waals surface area (Å²) in [5.74, 6) is 0. The van der Waals surface area contributed by atoms with Gasteiger partial charge in [0.15, 0.2) is 0 Å². The molecule has 82 valence electrons. The molecule has 0 bridgehead atoms. The number of hydrogen-bond acceptors (Lipinski definition) is 3. The maximum Gasteiger partial charge on any atom is 0.0458 e. The monoisotopic (exact) mass is 230 g/mol. The smallest absolute Gasteiger partial charge is 0.0458 e. The zero-order chi connectivity index (χ0) is 11.5. The summed E-state index contributed by atoms with van der Waals surface area (Å²) in [6.45, 7) is 0. The van der Waals surface area contributed by atoms with Gasteiger partial charge in [-0.05, 0) is 35.6 Å². The molecule has 0 unspecified atom stereocenters. The average Bonchev–Trinajstić information content (AvgIpc) is 2.28. The number of nitrogens with two attached hydrogens (primary N) is 2. The van der Waals surface area contributed by atoms with Gasteiger partial charge in [0.1, 0.15) is 0 Å². The molecule has 3 heteroatoms. The van der Waals surface area contributed by atoms with Gasteiger partial charge >= 0.3 is 0 Å². The first-order valence-electron chi connectivity index (χ1n) is 5.01. The van der Waals surface area contributed by atoms with Crippen molar-refractivity contribution in [2.75, 3.05) is 17.7 Å². The molecule has 2 aromatic rings. The first kappa shape index (κ1) is 10.9. The molecule has 0 aliphatic heterocycles. The third-order valence-electron chi connectivity index (χ3n) is 2.45. The topological polar surface area (TPSA) is 52.0 Å². The molecule has 0 saturated carbocycles. The molecule has 2 aromatic carbocycles. The Balaban J connectivity index is 2.60. The van der Waals surface area contributed by atoms with Crippen LogP contribution in [0.2, 0.25) is 0 Å². The van der Waals surface area contributed by atoms with Crippen LogP contribution in [0.3, 0.4) is 0 Å². The lowest BCUT2D eigenvalue weighted by molar-refractivity contribution is 1.45. The van der Waals surface area contributed by atoms with Crippen molar-refractivity contribution in [1.82, 2.24) is 0 Å². The van der Waals surface area contributed by atoms with Gasteiger partial charge in [0.2, 0.25) is 0 Å². The van der Waals surface area contributed by atoms with Gasteiger partial charge in [0.25, 0.3) is 0 Å². The lowest BCUT2D eigenvalue weighted by atomic mass is 10.0. The largest absolute Gasteiger partial charge is 0.399 e. The lowest BCUT2D eigenvalue weighted by Gasteiger charge is -2.10. The summed E-state index contributed by atoms with van der Waals surface area (Å²) in [5, 5.41) is 0. The average molecular weight is 230 g/mol. The van der Waals surface area contributed by atoms with Crippen LogP contribution in [0.1, 0.15) is 0 Å². The van der Waals surface area contributed by atoms with Gasteiger partial charge in [-0.1, -0.05) is 24.3 Å². The molecule has 0 aromatic heterocycles. The molecule has 16 heavy (non-hydrogen) atoms. The van der Waals surface area contributed by atoms with Crippen molar-refractivity contribution in [2.24, 2.45) is 0 Å². The fraction of sp³-hybridized carbons (Fsp3) is 0.0769. The maximum atomic E-state index is 5.96. The fourth-order valence-corrected chi connectivity index (χ4v) is 2.43. The molecule has 0 aliphatic carbocycles. The summed E-state index contributed by atoms with van der Waals surface area (Å²) in [4.78, 5) is 1.10. The second-order valence-electron chi connectivity index (χ2n) is 3.55. The third kappa shape index (κ3) is 1.99. The number of hydrogen-bond donors (Lipinski definition) is 2. The van der Waals surface area contributed by atoms with Crippen molar-refractivity contribution in [1.29, 1.82) is 0 Å². The maximum absolute atomic E-state index is 5.96. The van der Waals surface area contributed by atoms with E-state index in [2.05, 4.69) is 6.07 Å². The van der Waals surface area contributed by atoms with Crippen LogP contribution in [0.15, 0.2) is 47.4 Å². The van der Waals surface area contributed by atoms with Gasteiger partial charge in [-0.15, -0.1) is 11.8 Å². The van der Waals surface area contributed by atoms with E-state index in [1.165, 1.54) is 0 Å². The van der Waals surface area contributed by atoms with Crippen LogP contribution < -0.4 is 11.5 Å². The number of anilines is 2. The van der Waals surface area contributed by atoms with Gasteiger partial charge in [-0.3, -0.25) is 0 Å². The minimum absolute atomic E-state index is 0.770. The fourth-order valence-electron chi connectivity index (χ4n) is 1.72. The zero-order valence-electron chi connectivity index (χ0n) is 9.10. The van der Waals surface area contributed by atoms with Crippen LogP contribution in [0, 0.1) is 0 Å². The van der Waals surface area contributed by atoms with Crippen LogP contribution in [0.5, 0.6) is 0 Å². The highest BCUT2D eigenvalue weighted by Crippen LogP contribution is 2.34. The summed E-state index contributed by atoms with van der Waals surface area (Å²) < 4.78 is 0. The Morgan fingerprint density at radius 3 is 2.44 bits per heavy atom. The Bertz CT molecular complexity index is 509. The van der Waals surface area contributed by atoms with Crippen molar-refractivity contribution in [2.45, 2.75) is 4.90 Å². The highest BCUT2D eigenvalue weighted by molar-refractivity contribution is 7.98. The molecule has 2 rings (SSSR count). The highest BCUT2D eigenvalue weighted by atomic mass is 32.2. The lowest BCUT2D eigenvalue weighted by Crippen LogP contribution is -1.92. The predicted molar refractivity (Wildman–Crippen MR) is 72.5 cm³/mol. The van der Waals surface area contributed by atoms with Crippen LogP contribution in [0.4, 0.5) is 11.4 Å². The molecule has 0 amide bonds. The first-order valence-corrected chi connectivity index (χ1v) is 6.23. The molecule has 2 nitrogen and oxygen atoms in total. The van der Waals surface area contributed by atoms with E-state index in [9.17, 15) is 0 Å². The van der Waals surface area contributed by atoms with Crippen LogP contribution in [-0.4, -0.2) is 6.26 Å². The summed E-state index contributed by atoms with van der Waals surface area (Å²) in [7, 11) is 0. The van der Waals surface area contributed by atoms with Gasteiger partial charge in [-0.2, -0.15) is 0 Å². The van der Waals surface area contributed by atoms with Gasteiger partial charge in [0, 0.05) is 16.3 Å². The van der Waals surface area contributed by atoms with E-state index in [1.54, 1.807) is 11.8 Å². The normalized spacial score (nSPS) is 10.3. The van der Waals surface area contributed by atoms with E-state index in [1.807, 2.05) is 42.7 Å². The quantitative estimate of drug-likeness (QED) is 0.615. The number of nitrogen functional groups attached to an aromatic ring is 2. The molecule has 0 atom stereocenters. The Morgan fingerprint density at radius 1 is 1.00 bits per heavy atom. The van der Waals surface area contributed by atoms with Crippen molar-refractivity contribution in [3.05, 3.63) is 42.5 Å². The predicted octanol–water partition coefficient (Wildman–Crippen LogP) is 3.24. The van der Waals surface area contributed by atoms with E-state index >= 15 is 0 Å².